The third-order valence-corrected chi connectivity index (χ3v) is 3.94. The summed E-state index contributed by atoms with van der Waals surface area (Å²) in [5, 5.41) is 11.0. The van der Waals surface area contributed by atoms with E-state index in [0.29, 0.717) is 28.3 Å². The van der Waals surface area contributed by atoms with Crippen molar-refractivity contribution in [3.05, 3.63) is 81.6 Å². The number of hydrogen-bond acceptors (Lipinski definition) is 5. The highest BCUT2D eigenvalue weighted by Gasteiger charge is 2.12. The Hall–Kier alpha value is -3.54. The highest BCUT2D eigenvalue weighted by atomic mass is 16.6. The van der Waals surface area contributed by atoms with Gasteiger partial charge in [0, 0.05) is 23.3 Å². The highest BCUT2D eigenvalue weighted by Crippen LogP contribution is 2.29. The lowest BCUT2D eigenvalue weighted by Gasteiger charge is -2.02. The van der Waals surface area contributed by atoms with Crippen LogP contribution in [0, 0.1) is 17.0 Å². The molecule has 0 radical (unpaired) electrons. The number of rotatable bonds is 5. The van der Waals surface area contributed by atoms with Gasteiger partial charge in [0.15, 0.2) is 5.78 Å². The van der Waals surface area contributed by atoms with Gasteiger partial charge in [-0.05, 0) is 55.8 Å². The maximum atomic E-state index is 11.3. The monoisotopic (exact) mass is 348 g/mol. The maximum absolute atomic E-state index is 11.3. The molecule has 0 aliphatic carbocycles. The molecule has 0 saturated heterocycles. The second kappa shape index (κ2) is 7.14. The van der Waals surface area contributed by atoms with Crippen molar-refractivity contribution < 1.29 is 14.1 Å². The molecule has 0 aliphatic rings. The average Bonchev–Trinajstić information content (AvgIpc) is 3.09. The normalized spacial score (nSPS) is 11.0. The van der Waals surface area contributed by atoms with Gasteiger partial charge in [-0.1, -0.05) is 6.07 Å². The first kappa shape index (κ1) is 17.3. The maximum Gasteiger partial charge on any atom is 0.270 e. The summed E-state index contributed by atoms with van der Waals surface area (Å²) in [5.74, 6) is 1.07. The van der Waals surface area contributed by atoms with Gasteiger partial charge in [0.2, 0.25) is 0 Å². The van der Waals surface area contributed by atoms with Crippen LogP contribution in [0.25, 0.3) is 11.3 Å². The summed E-state index contributed by atoms with van der Waals surface area (Å²) in [6.45, 7) is 3.38. The molecular weight excluding hydrogens is 332 g/mol. The second-order valence-corrected chi connectivity index (χ2v) is 5.82. The lowest BCUT2D eigenvalue weighted by molar-refractivity contribution is -0.384. The van der Waals surface area contributed by atoms with Gasteiger partial charge in [0.25, 0.3) is 5.69 Å². The Balaban J connectivity index is 1.83. The van der Waals surface area contributed by atoms with Crippen molar-refractivity contribution in [2.75, 3.05) is 0 Å². The number of ketones is 1. The van der Waals surface area contributed by atoms with Crippen molar-refractivity contribution >= 4 is 23.4 Å². The Bertz CT molecular complexity index is 1000. The van der Waals surface area contributed by atoms with E-state index in [2.05, 4.69) is 4.99 Å². The van der Waals surface area contributed by atoms with E-state index in [4.69, 9.17) is 4.42 Å². The molecule has 3 aromatic rings. The molecule has 0 atom stereocenters. The Morgan fingerprint density at radius 2 is 1.85 bits per heavy atom. The van der Waals surface area contributed by atoms with E-state index < -0.39 is 4.92 Å². The summed E-state index contributed by atoms with van der Waals surface area (Å²) < 4.78 is 5.74. The van der Waals surface area contributed by atoms with Crippen LogP contribution in [0.5, 0.6) is 0 Å². The van der Waals surface area contributed by atoms with Gasteiger partial charge in [-0.15, -0.1) is 0 Å². The number of non-ortho nitro benzene ring substituents is 1. The lowest BCUT2D eigenvalue weighted by atomic mass is 10.1. The largest absolute Gasteiger partial charge is 0.455 e. The minimum absolute atomic E-state index is 0.00327. The van der Waals surface area contributed by atoms with E-state index in [0.717, 1.165) is 5.56 Å². The van der Waals surface area contributed by atoms with Crippen LogP contribution in [-0.2, 0) is 0 Å². The summed E-state index contributed by atoms with van der Waals surface area (Å²) in [5.41, 5.74) is 2.89. The molecule has 0 spiro atoms. The summed E-state index contributed by atoms with van der Waals surface area (Å²) in [7, 11) is 0. The molecule has 0 amide bonds. The van der Waals surface area contributed by atoms with Crippen molar-refractivity contribution in [3.8, 4) is 11.3 Å². The molecule has 1 aromatic heterocycles. The fourth-order valence-corrected chi connectivity index (χ4v) is 2.48. The number of nitro groups is 1. The number of nitrogens with zero attached hydrogens (tertiary/aromatic N) is 2. The first-order valence-corrected chi connectivity index (χ1v) is 7.94. The third-order valence-electron chi connectivity index (χ3n) is 3.94. The van der Waals surface area contributed by atoms with E-state index in [1.54, 1.807) is 48.7 Å². The van der Waals surface area contributed by atoms with E-state index in [1.807, 2.05) is 6.92 Å². The standard InChI is InChI=1S/C20H16N2O4/c1-13-3-8-17(22(24)25)11-19(13)20-10-9-18(26-20)12-21-16-6-4-15(5-7-16)14(2)23/h3-12H,1-2H3. The number of hydrogen-bond donors (Lipinski definition) is 0. The SMILES string of the molecule is CC(=O)c1ccc(N=Cc2ccc(-c3cc([N+](=O)[O-])ccc3C)o2)cc1. The minimum atomic E-state index is -0.432. The van der Waals surface area contributed by atoms with Crippen molar-refractivity contribution in [1.82, 2.24) is 0 Å². The molecule has 130 valence electrons. The number of nitro benzene ring substituents is 1. The fourth-order valence-electron chi connectivity index (χ4n) is 2.48. The molecule has 0 fully saturated rings. The third kappa shape index (κ3) is 3.75. The van der Waals surface area contributed by atoms with Crippen molar-refractivity contribution in [2.24, 2.45) is 4.99 Å². The van der Waals surface area contributed by atoms with Crippen LogP contribution >= 0.6 is 0 Å². The van der Waals surface area contributed by atoms with Gasteiger partial charge in [0.1, 0.15) is 11.5 Å². The van der Waals surface area contributed by atoms with Gasteiger partial charge in [-0.2, -0.15) is 0 Å². The summed E-state index contributed by atoms with van der Waals surface area (Å²) in [4.78, 5) is 26.1. The lowest BCUT2D eigenvalue weighted by Crippen LogP contribution is -1.90. The van der Waals surface area contributed by atoms with Crippen LogP contribution in [0.1, 0.15) is 28.6 Å². The zero-order chi connectivity index (χ0) is 18.7. The Labute approximate surface area is 150 Å². The number of benzene rings is 2. The first-order chi connectivity index (χ1) is 12.4. The van der Waals surface area contributed by atoms with Gasteiger partial charge in [-0.3, -0.25) is 19.9 Å². The number of Topliss-reactive ketones (excluding diaryl/α,β-unsaturated/α-hetero) is 1. The topological polar surface area (TPSA) is 85.7 Å². The molecule has 0 saturated carbocycles. The van der Waals surface area contributed by atoms with Crippen LogP contribution in [0.4, 0.5) is 11.4 Å². The molecule has 1 heterocycles. The molecule has 0 aliphatic heterocycles. The number of furan rings is 1. The highest BCUT2D eigenvalue weighted by molar-refractivity contribution is 5.94. The summed E-state index contributed by atoms with van der Waals surface area (Å²) >= 11 is 0. The summed E-state index contributed by atoms with van der Waals surface area (Å²) in [6.07, 6.45) is 1.57. The second-order valence-electron chi connectivity index (χ2n) is 5.82. The Morgan fingerprint density at radius 1 is 1.12 bits per heavy atom. The smallest absolute Gasteiger partial charge is 0.270 e. The van der Waals surface area contributed by atoms with Crippen LogP contribution < -0.4 is 0 Å². The van der Waals surface area contributed by atoms with Gasteiger partial charge in [-0.25, -0.2) is 0 Å². The van der Waals surface area contributed by atoms with E-state index in [1.165, 1.54) is 19.1 Å². The fraction of sp³-hybridized carbons (Fsp3) is 0.100. The van der Waals surface area contributed by atoms with Crippen molar-refractivity contribution in [3.63, 3.8) is 0 Å². The van der Waals surface area contributed by atoms with Gasteiger partial charge >= 0.3 is 0 Å². The summed E-state index contributed by atoms with van der Waals surface area (Å²) in [6, 6.07) is 15.1. The first-order valence-electron chi connectivity index (χ1n) is 7.94. The molecule has 0 N–H and O–H groups in total. The molecule has 6 heteroatoms. The minimum Gasteiger partial charge on any atom is -0.455 e. The molecular formula is C20H16N2O4. The zero-order valence-corrected chi connectivity index (χ0v) is 14.3. The quantitative estimate of drug-likeness (QED) is 0.277. The number of aryl methyl sites for hydroxylation is 1. The van der Waals surface area contributed by atoms with Gasteiger partial charge in [0.05, 0.1) is 16.8 Å². The van der Waals surface area contributed by atoms with Crippen molar-refractivity contribution in [1.29, 1.82) is 0 Å². The predicted molar refractivity (Wildman–Crippen MR) is 99.2 cm³/mol. The van der Waals surface area contributed by atoms with Crippen LogP contribution in [-0.4, -0.2) is 16.9 Å². The van der Waals surface area contributed by atoms with E-state index >= 15 is 0 Å². The number of aliphatic imine (C=N–C) groups is 1. The molecule has 0 unspecified atom stereocenters. The average molecular weight is 348 g/mol. The molecule has 2 aromatic carbocycles. The predicted octanol–water partition coefficient (Wildman–Crippen LogP) is 5.12. The molecule has 3 rings (SSSR count). The van der Waals surface area contributed by atoms with Crippen LogP contribution in [0.3, 0.4) is 0 Å². The van der Waals surface area contributed by atoms with Crippen LogP contribution in [0.2, 0.25) is 0 Å². The van der Waals surface area contributed by atoms with Crippen LogP contribution in [0.15, 0.2) is 64.0 Å². The van der Waals surface area contributed by atoms with Crippen molar-refractivity contribution in [2.45, 2.75) is 13.8 Å². The Morgan fingerprint density at radius 3 is 2.50 bits per heavy atom. The number of carbonyl (C=O) groups is 1. The zero-order valence-electron chi connectivity index (χ0n) is 14.3. The molecule has 0 bridgehead atoms. The Kier molecular flexibility index (Phi) is 4.75. The number of carbonyl (C=O) groups excluding carboxylic acids is 1. The van der Waals surface area contributed by atoms with Gasteiger partial charge < -0.3 is 4.42 Å². The molecule has 26 heavy (non-hydrogen) atoms. The van der Waals surface area contributed by atoms with E-state index in [9.17, 15) is 14.9 Å². The molecule has 6 nitrogen and oxygen atoms in total. The van der Waals surface area contributed by atoms with E-state index in [-0.39, 0.29) is 11.5 Å².